The van der Waals surface area contributed by atoms with E-state index < -0.39 is 12.2 Å². The Hall–Kier alpha value is 0.230. The van der Waals surface area contributed by atoms with Gasteiger partial charge in [0.2, 0.25) is 0 Å². The first-order valence-electron chi connectivity index (χ1n) is 8.22. The molecule has 20 heavy (non-hydrogen) atoms. The zero-order valence-electron chi connectivity index (χ0n) is 13.1. The van der Waals surface area contributed by atoms with Gasteiger partial charge in [0.25, 0.3) is 0 Å². The molecule has 0 saturated heterocycles. The third-order valence-electron chi connectivity index (χ3n) is 4.24. The van der Waals surface area contributed by atoms with E-state index in [0.29, 0.717) is 17.6 Å². The van der Waals surface area contributed by atoms with E-state index in [1.54, 1.807) is 0 Å². The van der Waals surface area contributed by atoms with Gasteiger partial charge in [-0.05, 0) is 29.8 Å². The largest absolute Gasteiger partial charge is 0.393 e. The summed E-state index contributed by atoms with van der Waals surface area (Å²) in [5.74, 6) is 1.63. The van der Waals surface area contributed by atoms with Crippen LogP contribution in [0, 0.1) is 5.92 Å². The number of nitrogens with two attached hydrogens (primary N) is 1. The minimum absolute atomic E-state index is 0.175. The van der Waals surface area contributed by atoms with Crippen molar-refractivity contribution in [1.82, 2.24) is 0 Å². The Morgan fingerprint density at radius 3 is 2.40 bits per heavy atom. The lowest BCUT2D eigenvalue weighted by atomic mass is 9.83. The summed E-state index contributed by atoms with van der Waals surface area (Å²) in [5.41, 5.74) is 6.11. The average molecular weight is 304 g/mol. The van der Waals surface area contributed by atoms with Gasteiger partial charge in [-0.1, -0.05) is 46.0 Å². The highest BCUT2D eigenvalue weighted by atomic mass is 32.2. The molecule has 0 aliphatic heterocycles. The molecule has 4 N–H and O–H groups in total. The molecule has 4 heteroatoms. The lowest BCUT2D eigenvalue weighted by molar-refractivity contribution is 0.0568. The van der Waals surface area contributed by atoms with Gasteiger partial charge in [0.1, 0.15) is 0 Å². The molecular weight excluding hydrogens is 270 g/mol. The smallest absolute Gasteiger partial charge is 0.0715 e. The topological polar surface area (TPSA) is 66.5 Å². The van der Waals surface area contributed by atoms with Crippen LogP contribution in [0.3, 0.4) is 0 Å². The Labute approximate surface area is 128 Å². The highest BCUT2D eigenvalue weighted by Gasteiger charge is 2.23. The molecule has 0 heterocycles. The first-order chi connectivity index (χ1) is 9.49. The quantitative estimate of drug-likeness (QED) is 0.613. The molecule has 3 atom stereocenters. The van der Waals surface area contributed by atoms with E-state index in [9.17, 15) is 10.2 Å². The summed E-state index contributed by atoms with van der Waals surface area (Å²) in [7, 11) is 0. The van der Waals surface area contributed by atoms with Crippen molar-refractivity contribution in [2.24, 2.45) is 11.7 Å². The highest BCUT2D eigenvalue weighted by Crippen LogP contribution is 2.28. The second kappa shape index (κ2) is 10.0. The standard InChI is InChI=1S/C16H33NO2S/c1-12(2)20-9-8-14(18)11-16(19)15(17)10-13-6-4-3-5-7-13/h12-16,18-19H,3-11,17H2,1-2H3/t14-,15+,16+/m1/s1. The van der Waals surface area contributed by atoms with Crippen LogP contribution in [-0.4, -0.2) is 39.5 Å². The predicted octanol–water partition coefficient (Wildman–Crippen LogP) is 2.93. The summed E-state index contributed by atoms with van der Waals surface area (Å²) in [6.07, 6.45) is 7.58. The van der Waals surface area contributed by atoms with Crippen molar-refractivity contribution < 1.29 is 10.2 Å². The molecule has 1 aliphatic carbocycles. The maximum atomic E-state index is 10.1. The van der Waals surface area contributed by atoms with Gasteiger partial charge in [-0.15, -0.1) is 0 Å². The van der Waals surface area contributed by atoms with Gasteiger partial charge in [-0.3, -0.25) is 0 Å². The van der Waals surface area contributed by atoms with Crippen molar-refractivity contribution in [2.45, 2.75) is 88.7 Å². The molecule has 0 aromatic carbocycles. The van der Waals surface area contributed by atoms with Crippen LogP contribution in [-0.2, 0) is 0 Å². The normalized spacial score (nSPS) is 21.9. The van der Waals surface area contributed by atoms with Crippen LogP contribution >= 0.6 is 11.8 Å². The number of hydrogen-bond acceptors (Lipinski definition) is 4. The zero-order valence-corrected chi connectivity index (χ0v) is 13.9. The van der Waals surface area contributed by atoms with E-state index in [2.05, 4.69) is 13.8 Å². The molecule has 1 rings (SSSR count). The number of hydrogen-bond donors (Lipinski definition) is 3. The van der Waals surface area contributed by atoms with Crippen LogP contribution in [0.25, 0.3) is 0 Å². The van der Waals surface area contributed by atoms with Crippen LogP contribution in [0.2, 0.25) is 0 Å². The van der Waals surface area contributed by atoms with E-state index in [1.165, 1.54) is 32.1 Å². The molecule has 0 amide bonds. The first-order valence-corrected chi connectivity index (χ1v) is 9.27. The fourth-order valence-electron chi connectivity index (χ4n) is 2.98. The van der Waals surface area contributed by atoms with E-state index in [1.807, 2.05) is 11.8 Å². The highest BCUT2D eigenvalue weighted by molar-refractivity contribution is 7.99. The maximum Gasteiger partial charge on any atom is 0.0715 e. The Morgan fingerprint density at radius 1 is 1.15 bits per heavy atom. The Bertz CT molecular complexity index is 245. The zero-order chi connectivity index (χ0) is 15.0. The summed E-state index contributed by atoms with van der Waals surface area (Å²) in [5, 5.41) is 20.7. The molecule has 1 fully saturated rings. The van der Waals surface area contributed by atoms with Crippen molar-refractivity contribution in [3.05, 3.63) is 0 Å². The summed E-state index contributed by atoms with van der Waals surface area (Å²) < 4.78 is 0. The fraction of sp³-hybridized carbons (Fsp3) is 1.00. The van der Waals surface area contributed by atoms with Crippen molar-refractivity contribution in [3.63, 3.8) is 0 Å². The van der Waals surface area contributed by atoms with Crippen LogP contribution in [0.15, 0.2) is 0 Å². The molecule has 3 nitrogen and oxygen atoms in total. The van der Waals surface area contributed by atoms with E-state index in [-0.39, 0.29) is 6.04 Å². The summed E-state index contributed by atoms with van der Waals surface area (Å²) in [4.78, 5) is 0. The molecule has 0 aromatic rings. The second-order valence-electron chi connectivity index (χ2n) is 6.57. The Balaban J connectivity index is 2.17. The molecule has 1 saturated carbocycles. The lowest BCUT2D eigenvalue weighted by Crippen LogP contribution is -2.39. The van der Waals surface area contributed by atoms with Crippen LogP contribution in [0.5, 0.6) is 0 Å². The maximum absolute atomic E-state index is 10.1. The van der Waals surface area contributed by atoms with Gasteiger partial charge in [0.15, 0.2) is 0 Å². The SMILES string of the molecule is CC(C)SCC[C@@H](O)C[C@H](O)[C@@H](N)CC1CCCCC1. The summed E-state index contributed by atoms with van der Waals surface area (Å²) in [6.45, 7) is 4.32. The van der Waals surface area contributed by atoms with Crippen molar-refractivity contribution in [1.29, 1.82) is 0 Å². The van der Waals surface area contributed by atoms with E-state index in [0.717, 1.165) is 18.6 Å². The second-order valence-corrected chi connectivity index (χ2v) is 8.25. The molecule has 0 radical (unpaired) electrons. The van der Waals surface area contributed by atoms with Gasteiger partial charge in [0, 0.05) is 12.5 Å². The third-order valence-corrected chi connectivity index (χ3v) is 5.38. The lowest BCUT2D eigenvalue weighted by Gasteiger charge is -2.28. The summed E-state index contributed by atoms with van der Waals surface area (Å²) in [6, 6.07) is -0.175. The number of thioether (sulfide) groups is 1. The monoisotopic (exact) mass is 303 g/mol. The van der Waals surface area contributed by atoms with Gasteiger partial charge in [-0.2, -0.15) is 11.8 Å². The van der Waals surface area contributed by atoms with E-state index >= 15 is 0 Å². The molecule has 1 aliphatic rings. The minimum atomic E-state index is -0.559. The van der Waals surface area contributed by atoms with Crippen molar-refractivity contribution in [2.75, 3.05) is 5.75 Å². The minimum Gasteiger partial charge on any atom is -0.393 e. The predicted molar refractivity (Wildman–Crippen MR) is 88.0 cm³/mol. The Morgan fingerprint density at radius 2 is 1.80 bits per heavy atom. The molecule has 0 spiro atoms. The summed E-state index contributed by atoms with van der Waals surface area (Å²) >= 11 is 1.85. The number of aliphatic hydroxyl groups excluding tert-OH is 2. The van der Waals surface area contributed by atoms with Gasteiger partial charge in [0.05, 0.1) is 12.2 Å². The van der Waals surface area contributed by atoms with Crippen molar-refractivity contribution >= 4 is 11.8 Å². The first kappa shape index (κ1) is 18.3. The Kier molecular flexibility index (Phi) is 9.18. The molecular formula is C16H33NO2S. The van der Waals surface area contributed by atoms with Crippen molar-refractivity contribution in [3.8, 4) is 0 Å². The van der Waals surface area contributed by atoms with Crippen LogP contribution < -0.4 is 5.73 Å². The van der Waals surface area contributed by atoms with Crippen LogP contribution in [0.4, 0.5) is 0 Å². The number of rotatable bonds is 9. The van der Waals surface area contributed by atoms with E-state index in [4.69, 9.17) is 5.73 Å². The third kappa shape index (κ3) is 7.87. The fourth-order valence-corrected chi connectivity index (χ4v) is 3.86. The van der Waals surface area contributed by atoms with Gasteiger partial charge in [-0.25, -0.2) is 0 Å². The molecule has 0 aromatic heterocycles. The average Bonchev–Trinajstić information content (AvgIpc) is 2.39. The van der Waals surface area contributed by atoms with Gasteiger partial charge < -0.3 is 15.9 Å². The molecule has 0 unspecified atom stereocenters. The number of aliphatic hydroxyl groups is 2. The molecule has 0 bridgehead atoms. The van der Waals surface area contributed by atoms with Gasteiger partial charge >= 0.3 is 0 Å². The molecule has 120 valence electrons. The van der Waals surface area contributed by atoms with Crippen LogP contribution in [0.1, 0.15) is 65.2 Å².